The molecule has 1 aliphatic rings. The molecule has 2 rings (SSSR count). The van der Waals surface area contributed by atoms with Crippen LogP contribution in [0.1, 0.15) is 30.4 Å². The van der Waals surface area contributed by atoms with Crippen molar-refractivity contribution in [2.24, 2.45) is 5.73 Å². The first-order chi connectivity index (χ1) is 7.20. The highest BCUT2D eigenvalue weighted by molar-refractivity contribution is 5.85. The first-order valence-electron chi connectivity index (χ1n) is 5.62. The molecular weight excluding hydrogens is 226 g/mol. The molecule has 2 heterocycles. The standard InChI is InChI=1S/C11H19N3O.ClH/c1-3-11-10(8(2)15-13-11)7-14-5-4-9(12)6-14;/h9H,3-7,12H2,1-2H3;1H/t9-;/m0./s1. The molecule has 0 aromatic carbocycles. The van der Waals surface area contributed by atoms with E-state index in [4.69, 9.17) is 10.3 Å². The Balaban J connectivity index is 0.00000128. The number of nitrogens with zero attached hydrogens (tertiary/aromatic N) is 2. The largest absolute Gasteiger partial charge is 0.361 e. The van der Waals surface area contributed by atoms with Crippen LogP contribution >= 0.6 is 12.4 Å². The quantitative estimate of drug-likeness (QED) is 0.877. The summed E-state index contributed by atoms with van der Waals surface area (Å²) in [6, 6.07) is 0.343. The van der Waals surface area contributed by atoms with Crippen molar-refractivity contribution in [3.63, 3.8) is 0 Å². The number of hydrogen-bond acceptors (Lipinski definition) is 4. The zero-order chi connectivity index (χ0) is 10.8. The second-order valence-corrected chi connectivity index (χ2v) is 4.30. The van der Waals surface area contributed by atoms with Crippen LogP contribution in [0.25, 0.3) is 0 Å². The van der Waals surface area contributed by atoms with Gasteiger partial charge in [-0.2, -0.15) is 0 Å². The van der Waals surface area contributed by atoms with E-state index in [9.17, 15) is 0 Å². The molecule has 1 aromatic heterocycles. The van der Waals surface area contributed by atoms with Gasteiger partial charge >= 0.3 is 0 Å². The maximum atomic E-state index is 5.88. The molecule has 0 bridgehead atoms. The molecule has 1 saturated heterocycles. The summed E-state index contributed by atoms with van der Waals surface area (Å²) < 4.78 is 5.22. The smallest absolute Gasteiger partial charge is 0.138 e. The lowest BCUT2D eigenvalue weighted by Gasteiger charge is -2.14. The molecule has 0 radical (unpaired) electrons. The first kappa shape index (κ1) is 13.5. The van der Waals surface area contributed by atoms with Gasteiger partial charge in [-0.15, -0.1) is 12.4 Å². The van der Waals surface area contributed by atoms with Crippen molar-refractivity contribution in [2.75, 3.05) is 13.1 Å². The van der Waals surface area contributed by atoms with Crippen molar-refractivity contribution in [3.05, 3.63) is 17.0 Å². The van der Waals surface area contributed by atoms with Crippen molar-refractivity contribution in [2.45, 2.75) is 39.3 Å². The average molecular weight is 246 g/mol. The average Bonchev–Trinajstić information content (AvgIpc) is 2.76. The van der Waals surface area contributed by atoms with Crippen molar-refractivity contribution in [3.8, 4) is 0 Å². The number of nitrogens with two attached hydrogens (primary N) is 1. The molecule has 1 aromatic rings. The van der Waals surface area contributed by atoms with Crippen molar-refractivity contribution in [1.82, 2.24) is 10.1 Å². The maximum Gasteiger partial charge on any atom is 0.138 e. The van der Waals surface area contributed by atoms with Crippen LogP contribution in [0, 0.1) is 6.92 Å². The van der Waals surface area contributed by atoms with Crippen LogP contribution in [-0.2, 0) is 13.0 Å². The van der Waals surface area contributed by atoms with Gasteiger partial charge in [-0.05, 0) is 19.8 Å². The van der Waals surface area contributed by atoms with Gasteiger partial charge in [-0.3, -0.25) is 4.90 Å². The summed E-state index contributed by atoms with van der Waals surface area (Å²) in [6.45, 7) is 7.11. The number of aryl methyl sites for hydroxylation is 2. The van der Waals surface area contributed by atoms with Crippen LogP contribution in [0.3, 0.4) is 0 Å². The Hall–Kier alpha value is -0.580. The van der Waals surface area contributed by atoms with E-state index >= 15 is 0 Å². The van der Waals surface area contributed by atoms with Crippen molar-refractivity contribution in [1.29, 1.82) is 0 Å². The van der Waals surface area contributed by atoms with E-state index in [0.717, 1.165) is 43.9 Å². The summed E-state index contributed by atoms with van der Waals surface area (Å²) in [6.07, 6.45) is 2.04. The van der Waals surface area contributed by atoms with E-state index in [-0.39, 0.29) is 12.4 Å². The fourth-order valence-corrected chi connectivity index (χ4v) is 2.15. The summed E-state index contributed by atoms with van der Waals surface area (Å²) in [5, 5.41) is 4.06. The van der Waals surface area contributed by atoms with Crippen LogP contribution in [0.5, 0.6) is 0 Å². The van der Waals surface area contributed by atoms with Crippen LogP contribution in [0.15, 0.2) is 4.52 Å². The lowest BCUT2D eigenvalue weighted by atomic mass is 10.1. The molecular formula is C11H20ClN3O. The lowest BCUT2D eigenvalue weighted by Crippen LogP contribution is -2.26. The molecule has 92 valence electrons. The number of rotatable bonds is 3. The highest BCUT2D eigenvalue weighted by atomic mass is 35.5. The van der Waals surface area contributed by atoms with Gasteiger partial charge in [0, 0.05) is 31.2 Å². The molecule has 1 fully saturated rings. The molecule has 16 heavy (non-hydrogen) atoms. The number of likely N-dealkylation sites (tertiary alicyclic amines) is 1. The zero-order valence-corrected chi connectivity index (χ0v) is 10.7. The Morgan fingerprint density at radius 1 is 1.56 bits per heavy atom. The van der Waals surface area contributed by atoms with E-state index in [2.05, 4.69) is 17.0 Å². The first-order valence-corrected chi connectivity index (χ1v) is 5.62. The molecule has 4 nitrogen and oxygen atoms in total. The Morgan fingerprint density at radius 3 is 2.88 bits per heavy atom. The van der Waals surface area contributed by atoms with Crippen LogP contribution in [0.2, 0.25) is 0 Å². The highest BCUT2D eigenvalue weighted by Gasteiger charge is 2.22. The van der Waals surface area contributed by atoms with Gasteiger partial charge in [-0.25, -0.2) is 0 Å². The normalized spacial score (nSPS) is 21.1. The highest BCUT2D eigenvalue weighted by Crippen LogP contribution is 2.19. The van der Waals surface area contributed by atoms with Gasteiger partial charge < -0.3 is 10.3 Å². The Labute approximate surface area is 103 Å². The topological polar surface area (TPSA) is 55.3 Å². The third-order valence-electron chi connectivity index (χ3n) is 3.09. The molecule has 5 heteroatoms. The summed E-state index contributed by atoms with van der Waals surface area (Å²) >= 11 is 0. The predicted molar refractivity (Wildman–Crippen MR) is 65.7 cm³/mol. The van der Waals surface area contributed by atoms with E-state index < -0.39 is 0 Å². The van der Waals surface area contributed by atoms with Crippen LogP contribution in [0.4, 0.5) is 0 Å². The molecule has 0 spiro atoms. The molecule has 2 N–H and O–H groups in total. The summed E-state index contributed by atoms with van der Waals surface area (Å²) in [5.74, 6) is 0.951. The van der Waals surface area contributed by atoms with E-state index in [1.807, 2.05) is 6.92 Å². The molecule has 0 saturated carbocycles. The minimum Gasteiger partial charge on any atom is -0.361 e. The fourth-order valence-electron chi connectivity index (χ4n) is 2.15. The zero-order valence-electron chi connectivity index (χ0n) is 9.90. The van der Waals surface area contributed by atoms with Crippen molar-refractivity contribution >= 4 is 12.4 Å². The second kappa shape index (κ2) is 5.66. The minimum absolute atomic E-state index is 0. The molecule has 0 amide bonds. The van der Waals surface area contributed by atoms with Crippen molar-refractivity contribution < 1.29 is 4.52 Å². The molecule has 1 atom stereocenters. The Kier molecular flexibility index (Phi) is 4.77. The molecule has 0 unspecified atom stereocenters. The maximum absolute atomic E-state index is 5.88. The van der Waals surface area contributed by atoms with Gasteiger partial charge in [0.2, 0.25) is 0 Å². The van der Waals surface area contributed by atoms with Crippen LogP contribution in [-0.4, -0.2) is 29.2 Å². The predicted octanol–water partition coefficient (Wildman–Crippen LogP) is 1.50. The van der Waals surface area contributed by atoms with Crippen LogP contribution < -0.4 is 5.73 Å². The molecule has 1 aliphatic heterocycles. The van der Waals surface area contributed by atoms with Gasteiger partial charge in [0.25, 0.3) is 0 Å². The summed E-state index contributed by atoms with van der Waals surface area (Å²) in [5.41, 5.74) is 8.23. The minimum atomic E-state index is 0. The monoisotopic (exact) mass is 245 g/mol. The third-order valence-corrected chi connectivity index (χ3v) is 3.09. The van der Waals surface area contributed by atoms with Gasteiger partial charge in [0.05, 0.1) is 5.69 Å². The fraction of sp³-hybridized carbons (Fsp3) is 0.727. The lowest BCUT2D eigenvalue weighted by molar-refractivity contribution is 0.322. The number of aromatic nitrogens is 1. The molecule has 0 aliphatic carbocycles. The van der Waals surface area contributed by atoms with E-state index in [1.54, 1.807) is 0 Å². The van der Waals surface area contributed by atoms with Gasteiger partial charge in [0.15, 0.2) is 0 Å². The third kappa shape index (κ3) is 2.75. The SMILES string of the molecule is CCc1noc(C)c1CN1CC[C@H](N)C1.Cl. The number of halogens is 1. The van der Waals surface area contributed by atoms with Gasteiger partial charge in [-0.1, -0.05) is 12.1 Å². The number of hydrogen-bond donors (Lipinski definition) is 1. The van der Waals surface area contributed by atoms with E-state index in [0.29, 0.717) is 6.04 Å². The van der Waals surface area contributed by atoms with E-state index in [1.165, 1.54) is 5.56 Å². The summed E-state index contributed by atoms with van der Waals surface area (Å²) in [4.78, 5) is 2.38. The Bertz CT molecular complexity index is 340. The van der Waals surface area contributed by atoms with Gasteiger partial charge in [0.1, 0.15) is 5.76 Å². The Morgan fingerprint density at radius 2 is 2.31 bits per heavy atom. The summed E-state index contributed by atoms with van der Waals surface area (Å²) in [7, 11) is 0. The second-order valence-electron chi connectivity index (χ2n) is 4.30.